The number of nitrogens with zero attached hydrogens (tertiary/aromatic N) is 2. The molecule has 1 heterocycles. The molecule has 0 aliphatic heterocycles. The highest BCUT2D eigenvalue weighted by molar-refractivity contribution is 5.11. The molecule has 0 aliphatic carbocycles. The van der Waals surface area contributed by atoms with Crippen molar-refractivity contribution in [2.24, 2.45) is 18.4 Å². The van der Waals surface area contributed by atoms with Crippen LogP contribution in [0.15, 0.2) is 25.0 Å². The molecule has 0 radical (unpaired) electrons. The maximum Gasteiger partial charge on any atom is 0.0521 e. The Bertz CT molecular complexity index is 354. The van der Waals surface area contributed by atoms with Gasteiger partial charge in [0.2, 0.25) is 0 Å². The van der Waals surface area contributed by atoms with Gasteiger partial charge in [-0.05, 0) is 24.4 Å². The molecule has 3 nitrogen and oxygen atoms in total. The molecule has 17 heavy (non-hydrogen) atoms. The third-order valence-electron chi connectivity index (χ3n) is 2.94. The van der Waals surface area contributed by atoms with Crippen molar-refractivity contribution in [2.45, 2.75) is 27.2 Å². The Morgan fingerprint density at radius 3 is 2.76 bits per heavy atom. The molecule has 1 unspecified atom stereocenters. The van der Waals surface area contributed by atoms with Crippen molar-refractivity contribution >= 4 is 0 Å². The first-order chi connectivity index (χ1) is 7.95. The standard InChI is InChI=1S/C14H25N3/c1-6-14(4,11-15-8-12(2)3)7-13-9-16-17(5)10-13/h6,9-10,12,15H,1,7-8,11H2,2-5H3. The van der Waals surface area contributed by atoms with Gasteiger partial charge in [-0.25, -0.2) is 0 Å². The van der Waals surface area contributed by atoms with E-state index in [1.807, 2.05) is 24.0 Å². The summed E-state index contributed by atoms with van der Waals surface area (Å²) in [5.41, 5.74) is 1.36. The van der Waals surface area contributed by atoms with Crippen LogP contribution in [-0.2, 0) is 13.5 Å². The van der Waals surface area contributed by atoms with Crippen molar-refractivity contribution in [1.82, 2.24) is 15.1 Å². The minimum Gasteiger partial charge on any atom is -0.316 e. The second kappa shape index (κ2) is 6.01. The van der Waals surface area contributed by atoms with E-state index in [4.69, 9.17) is 0 Å². The van der Waals surface area contributed by atoms with Gasteiger partial charge in [-0.2, -0.15) is 5.10 Å². The molecule has 0 saturated carbocycles. The minimum absolute atomic E-state index is 0.0952. The average Bonchev–Trinajstić information content (AvgIpc) is 2.63. The van der Waals surface area contributed by atoms with Crippen LogP contribution in [0, 0.1) is 11.3 Å². The van der Waals surface area contributed by atoms with Gasteiger partial charge in [0.25, 0.3) is 0 Å². The van der Waals surface area contributed by atoms with E-state index in [0.29, 0.717) is 5.92 Å². The molecule has 3 heteroatoms. The Morgan fingerprint density at radius 1 is 1.59 bits per heavy atom. The zero-order valence-corrected chi connectivity index (χ0v) is 11.5. The molecule has 1 aromatic heterocycles. The van der Waals surface area contributed by atoms with Crippen LogP contribution < -0.4 is 5.32 Å². The van der Waals surface area contributed by atoms with Crippen molar-refractivity contribution < 1.29 is 0 Å². The van der Waals surface area contributed by atoms with Gasteiger partial charge in [0.15, 0.2) is 0 Å². The van der Waals surface area contributed by atoms with E-state index in [-0.39, 0.29) is 5.41 Å². The predicted octanol–water partition coefficient (Wildman–Crippen LogP) is 2.40. The molecule has 1 N–H and O–H groups in total. The fraction of sp³-hybridized carbons (Fsp3) is 0.643. The lowest BCUT2D eigenvalue weighted by Gasteiger charge is -2.26. The highest BCUT2D eigenvalue weighted by atomic mass is 15.2. The highest BCUT2D eigenvalue weighted by Crippen LogP contribution is 2.22. The summed E-state index contributed by atoms with van der Waals surface area (Å²) in [5.74, 6) is 0.683. The van der Waals surface area contributed by atoms with Crippen molar-refractivity contribution in [3.8, 4) is 0 Å². The number of nitrogens with one attached hydrogen (secondary N) is 1. The summed E-state index contributed by atoms with van der Waals surface area (Å²) in [6.07, 6.45) is 7.04. The Labute approximate surface area is 105 Å². The van der Waals surface area contributed by atoms with E-state index in [2.05, 4.69) is 44.0 Å². The van der Waals surface area contributed by atoms with E-state index in [1.54, 1.807) is 0 Å². The Morgan fingerprint density at radius 2 is 2.29 bits per heavy atom. The van der Waals surface area contributed by atoms with Crippen LogP contribution in [0.4, 0.5) is 0 Å². The van der Waals surface area contributed by atoms with Gasteiger partial charge in [-0.3, -0.25) is 4.68 Å². The lowest BCUT2D eigenvalue weighted by molar-refractivity contribution is 0.378. The predicted molar refractivity (Wildman–Crippen MR) is 72.9 cm³/mol. The Kier molecular flexibility index (Phi) is 4.94. The number of aryl methyl sites for hydroxylation is 1. The van der Waals surface area contributed by atoms with Crippen LogP contribution in [0.1, 0.15) is 26.3 Å². The lowest BCUT2D eigenvalue weighted by Crippen LogP contribution is -2.33. The normalized spacial score (nSPS) is 14.9. The molecule has 1 rings (SSSR count). The molecular weight excluding hydrogens is 210 g/mol. The van der Waals surface area contributed by atoms with E-state index in [1.165, 1.54) is 5.56 Å². The van der Waals surface area contributed by atoms with Gasteiger partial charge >= 0.3 is 0 Å². The SMILES string of the molecule is C=CC(C)(CNCC(C)C)Cc1cnn(C)c1. The molecule has 0 bridgehead atoms. The number of hydrogen-bond acceptors (Lipinski definition) is 2. The zero-order valence-electron chi connectivity index (χ0n) is 11.5. The van der Waals surface area contributed by atoms with Crippen molar-refractivity contribution in [3.05, 3.63) is 30.6 Å². The van der Waals surface area contributed by atoms with E-state index in [0.717, 1.165) is 19.5 Å². The largest absolute Gasteiger partial charge is 0.316 e. The van der Waals surface area contributed by atoms with Crippen LogP contribution in [0.3, 0.4) is 0 Å². The van der Waals surface area contributed by atoms with Gasteiger partial charge in [0.1, 0.15) is 0 Å². The fourth-order valence-corrected chi connectivity index (χ4v) is 1.88. The molecule has 0 saturated heterocycles. The first kappa shape index (κ1) is 14.0. The second-order valence-electron chi connectivity index (χ2n) is 5.58. The van der Waals surface area contributed by atoms with Crippen LogP contribution in [0.2, 0.25) is 0 Å². The smallest absolute Gasteiger partial charge is 0.0521 e. The van der Waals surface area contributed by atoms with Crippen molar-refractivity contribution in [1.29, 1.82) is 0 Å². The summed E-state index contributed by atoms with van der Waals surface area (Å²) < 4.78 is 1.85. The maximum absolute atomic E-state index is 4.21. The average molecular weight is 235 g/mol. The quantitative estimate of drug-likeness (QED) is 0.736. The molecule has 0 spiro atoms. The fourth-order valence-electron chi connectivity index (χ4n) is 1.88. The second-order valence-corrected chi connectivity index (χ2v) is 5.58. The molecule has 0 aliphatic rings. The molecule has 0 aromatic carbocycles. The molecular formula is C14H25N3. The number of rotatable bonds is 7. The zero-order chi connectivity index (χ0) is 12.9. The summed E-state index contributed by atoms with van der Waals surface area (Å²) in [7, 11) is 1.95. The number of aromatic nitrogens is 2. The lowest BCUT2D eigenvalue weighted by atomic mass is 9.84. The third-order valence-corrected chi connectivity index (χ3v) is 2.94. The maximum atomic E-state index is 4.21. The summed E-state index contributed by atoms with van der Waals surface area (Å²) in [6.45, 7) is 12.7. The topological polar surface area (TPSA) is 29.9 Å². The van der Waals surface area contributed by atoms with E-state index >= 15 is 0 Å². The monoisotopic (exact) mass is 235 g/mol. The summed E-state index contributed by atoms with van der Waals surface area (Å²) >= 11 is 0. The van der Waals surface area contributed by atoms with Gasteiger partial charge in [-0.1, -0.05) is 26.8 Å². The van der Waals surface area contributed by atoms with Crippen LogP contribution in [0.5, 0.6) is 0 Å². The van der Waals surface area contributed by atoms with E-state index in [9.17, 15) is 0 Å². The van der Waals surface area contributed by atoms with Gasteiger partial charge in [0, 0.05) is 25.2 Å². The third kappa shape index (κ3) is 4.73. The molecule has 0 fully saturated rings. The van der Waals surface area contributed by atoms with Crippen molar-refractivity contribution in [2.75, 3.05) is 13.1 Å². The molecule has 1 atom stereocenters. The van der Waals surface area contributed by atoms with Gasteiger partial charge in [-0.15, -0.1) is 6.58 Å². The molecule has 96 valence electrons. The van der Waals surface area contributed by atoms with Crippen LogP contribution in [-0.4, -0.2) is 22.9 Å². The van der Waals surface area contributed by atoms with Gasteiger partial charge in [0.05, 0.1) is 6.20 Å². The molecule has 0 amide bonds. The van der Waals surface area contributed by atoms with Crippen LogP contribution in [0.25, 0.3) is 0 Å². The van der Waals surface area contributed by atoms with Crippen molar-refractivity contribution in [3.63, 3.8) is 0 Å². The summed E-state index contributed by atoms with van der Waals surface area (Å²) in [4.78, 5) is 0. The van der Waals surface area contributed by atoms with E-state index < -0.39 is 0 Å². The summed E-state index contributed by atoms with van der Waals surface area (Å²) in [6, 6.07) is 0. The molecule has 1 aromatic rings. The Balaban J connectivity index is 2.53. The Hall–Kier alpha value is -1.09. The highest BCUT2D eigenvalue weighted by Gasteiger charge is 2.21. The van der Waals surface area contributed by atoms with Gasteiger partial charge < -0.3 is 5.32 Å². The first-order valence-electron chi connectivity index (χ1n) is 6.27. The first-order valence-corrected chi connectivity index (χ1v) is 6.27. The van der Waals surface area contributed by atoms with Crippen LogP contribution >= 0.6 is 0 Å². The summed E-state index contributed by atoms with van der Waals surface area (Å²) in [5, 5.41) is 7.71. The minimum atomic E-state index is 0.0952. The number of hydrogen-bond donors (Lipinski definition) is 1.